The van der Waals surface area contributed by atoms with E-state index in [1.807, 2.05) is 12.2 Å². The van der Waals surface area contributed by atoms with Crippen LogP contribution >= 0.6 is 0 Å². The number of cyclic esters (lactones) is 1. The van der Waals surface area contributed by atoms with E-state index in [1.54, 1.807) is 32.9 Å². The molecule has 0 bridgehead atoms. The first-order chi connectivity index (χ1) is 16.1. The zero-order valence-electron chi connectivity index (χ0n) is 20.2. The summed E-state index contributed by atoms with van der Waals surface area (Å²) in [5.74, 6) is -2.64. The zero-order chi connectivity index (χ0) is 25.3. The number of imide groups is 1. The molecule has 0 aromatic carbocycles. The predicted molar refractivity (Wildman–Crippen MR) is 126 cm³/mol. The van der Waals surface area contributed by atoms with Crippen LogP contribution in [0.25, 0.3) is 0 Å². The summed E-state index contributed by atoms with van der Waals surface area (Å²) >= 11 is 0. The second kappa shape index (κ2) is 13.3. The van der Waals surface area contributed by atoms with Gasteiger partial charge in [-0.15, -0.1) is 0 Å². The summed E-state index contributed by atoms with van der Waals surface area (Å²) in [6.45, 7) is 5.28. The number of carbonyl (C=O) groups is 4. The Balaban J connectivity index is 2.03. The van der Waals surface area contributed by atoms with Crippen LogP contribution in [0.15, 0.2) is 36.0 Å². The van der Waals surface area contributed by atoms with E-state index in [-0.39, 0.29) is 55.1 Å². The van der Waals surface area contributed by atoms with Crippen molar-refractivity contribution < 1.29 is 34.1 Å². The minimum absolute atomic E-state index is 0.104. The molecule has 34 heavy (non-hydrogen) atoms. The smallest absolute Gasteiger partial charge is 0.331 e. The van der Waals surface area contributed by atoms with Crippen LogP contribution in [0.3, 0.4) is 0 Å². The summed E-state index contributed by atoms with van der Waals surface area (Å²) in [6, 6.07) is 0. The van der Waals surface area contributed by atoms with E-state index in [0.717, 1.165) is 6.42 Å². The molecule has 2 aliphatic heterocycles. The quantitative estimate of drug-likeness (QED) is 0.293. The van der Waals surface area contributed by atoms with Gasteiger partial charge in [0.25, 0.3) is 0 Å². The van der Waals surface area contributed by atoms with Gasteiger partial charge in [0.1, 0.15) is 11.9 Å². The molecule has 0 aliphatic carbocycles. The van der Waals surface area contributed by atoms with Gasteiger partial charge in [0.05, 0.1) is 12.2 Å². The fourth-order valence-corrected chi connectivity index (χ4v) is 4.41. The Bertz CT molecular complexity index is 828. The molecule has 0 saturated carbocycles. The molecule has 1 fully saturated rings. The molecule has 2 aliphatic rings. The maximum Gasteiger partial charge on any atom is 0.331 e. The van der Waals surface area contributed by atoms with Gasteiger partial charge < -0.3 is 14.9 Å². The summed E-state index contributed by atoms with van der Waals surface area (Å²) in [4.78, 5) is 48.0. The summed E-state index contributed by atoms with van der Waals surface area (Å²) in [5, 5.41) is 23.2. The van der Waals surface area contributed by atoms with Crippen LogP contribution in [0.1, 0.15) is 65.7 Å². The van der Waals surface area contributed by atoms with Crippen LogP contribution in [0.2, 0.25) is 0 Å². The first-order valence-corrected chi connectivity index (χ1v) is 12.0. The van der Waals surface area contributed by atoms with E-state index >= 15 is 0 Å². The summed E-state index contributed by atoms with van der Waals surface area (Å²) in [5.41, 5.74) is 0.652. The third-order valence-electron chi connectivity index (χ3n) is 6.36. The average molecular weight is 476 g/mol. The lowest BCUT2D eigenvalue weighted by atomic mass is 9.87. The Morgan fingerprint density at radius 2 is 1.82 bits per heavy atom. The van der Waals surface area contributed by atoms with Crippen molar-refractivity contribution in [1.29, 1.82) is 0 Å². The van der Waals surface area contributed by atoms with E-state index < -0.39 is 30.2 Å². The highest BCUT2D eigenvalue weighted by Gasteiger charge is 2.30. The molecule has 0 unspecified atom stereocenters. The normalized spacial score (nSPS) is 29.1. The van der Waals surface area contributed by atoms with E-state index in [9.17, 15) is 29.4 Å². The van der Waals surface area contributed by atoms with Crippen molar-refractivity contribution in [2.24, 2.45) is 17.8 Å². The number of Topliss-reactive ketones (excluding diaryl/α,β-unsaturated/α-hetero) is 1. The first kappa shape index (κ1) is 27.7. The Morgan fingerprint density at radius 1 is 1.18 bits per heavy atom. The van der Waals surface area contributed by atoms with Crippen LogP contribution in [0, 0.1) is 17.8 Å². The van der Waals surface area contributed by atoms with E-state index in [4.69, 9.17) is 4.74 Å². The SMILES string of the molecule is C/C(=C\[C@H](C)C(=O)C[C@H](O)CC1CC(=O)NC(=O)C1)[C@@H]1OC(=O)/C=C\CC/C=C\C[C@@H](O)[C@@H]1C. The standard InChI is InChI=1S/C26H37NO7/c1-16(22(30)15-20(28)12-19-13-23(31)27-24(32)14-19)11-17(2)26-18(3)21(29)9-7-5-4-6-8-10-25(33)34-26/h5,7-8,10-11,16,18-21,26,28-29H,4,6,9,12-15H2,1-3H3,(H,27,31,32)/b7-5-,10-8-,17-11+/t16-,18-,20+,21+,26-/m0/s1. The fourth-order valence-electron chi connectivity index (χ4n) is 4.41. The summed E-state index contributed by atoms with van der Waals surface area (Å²) in [6.07, 6.45) is 8.69. The second-order valence-electron chi connectivity index (χ2n) is 9.48. The molecule has 0 aromatic rings. The molecule has 1 saturated heterocycles. The van der Waals surface area contributed by atoms with E-state index in [0.29, 0.717) is 18.4 Å². The number of nitrogens with one attached hydrogen (secondary N) is 1. The summed E-state index contributed by atoms with van der Waals surface area (Å²) in [7, 11) is 0. The highest BCUT2D eigenvalue weighted by molar-refractivity contribution is 5.97. The van der Waals surface area contributed by atoms with Crippen LogP contribution in [-0.4, -0.2) is 52.1 Å². The van der Waals surface area contributed by atoms with Gasteiger partial charge in [0.2, 0.25) is 11.8 Å². The highest BCUT2D eigenvalue weighted by Crippen LogP contribution is 2.25. The number of aliphatic hydroxyl groups excluding tert-OH is 2. The molecular weight excluding hydrogens is 438 g/mol. The third-order valence-corrected chi connectivity index (χ3v) is 6.36. The fraction of sp³-hybridized carbons (Fsp3) is 0.615. The van der Waals surface area contributed by atoms with Crippen molar-refractivity contribution in [3.8, 4) is 0 Å². The van der Waals surface area contributed by atoms with Crippen molar-refractivity contribution in [3.63, 3.8) is 0 Å². The number of ether oxygens (including phenoxy) is 1. The van der Waals surface area contributed by atoms with Gasteiger partial charge in [-0.25, -0.2) is 4.79 Å². The second-order valence-corrected chi connectivity index (χ2v) is 9.48. The molecule has 2 heterocycles. The van der Waals surface area contributed by atoms with Gasteiger partial charge >= 0.3 is 5.97 Å². The van der Waals surface area contributed by atoms with Crippen LogP contribution in [0.4, 0.5) is 0 Å². The molecule has 5 atom stereocenters. The Kier molecular flexibility index (Phi) is 10.9. The zero-order valence-corrected chi connectivity index (χ0v) is 20.2. The number of carbonyl (C=O) groups excluding carboxylic acids is 4. The molecule has 0 aromatic heterocycles. The lowest BCUT2D eigenvalue weighted by molar-refractivity contribution is -0.145. The molecule has 3 N–H and O–H groups in total. The molecular formula is C26H37NO7. The maximum atomic E-state index is 12.7. The van der Waals surface area contributed by atoms with Gasteiger partial charge in [-0.2, -0.15) is 0 Å². The lowest BCUT2D eigenvalue weighted by Gasteiger charge is -2.28. The Hall–Kier alpha value is -2.58. The predicted octanol–water partition coefficient (Wildman–Crippen LogP) is 2.54. The number of esters is 1. The number of aliphatic hydroxyl groups is 2. The Morgan fingerprint density at radius 3 is 2.50 bits per heavy atom. The topological polar surface area (TPSA) is 130 Å². The highest BCUT2D eigenvalue weighted by atomic mass is 16.5. The number of allylic oxidation sites excluding steroid dienone is 3. The maximum absolute atomic E-state index is 12.7. The summed E-state index contributed by atoms with van der Waals surface area (Å²) < 4.78 is 5.64. The Labute approximate surface area is 201 Å². The lowest BCUT2D eigenvalue weighted by Crippen LogP contribution is -2.39. The number of piperidine rings is 1. The minimum Gasteiger partial charge on any atom is -0.454 e. The molecule has 8 heteroatoms. The van der Waals surface area contributed by atoms with Crippen LogP contribution in [-0.2, 0) is 23.9 Å². The van der Waals surface area contributed by atoms with Gasteiger partial charge in [-0.05, 0) is 44.1 Å². The van der Waals surface area contributed by atoms with Crippen LogP contribution < -0.4 is 5.32 Å². The molecule has 8 nitrogen and oxygen atoms in total. The molecule has 2 amide bonds. The van der Waals surface area contributed by atoms with Crippen molar-refractivity contribution in [1.82, 2.24) is 5.32 Å². The van der Waals surface area contributed by atoms with E-state index in [1.165, 1.54) is 6.08 Å². The number of hydrogen-bond acceptors (Lipinski definition) is 7. The van der Waals surface area contributed by atoms with Crippen molar-refractivity contribution in [2.45, 2.75) is 84.0 Å². The van der Waals surface area contributed by atoms with Crippen molar-refractivity contribution >= 4 is 23.6 Å². The number of amides is 2. The average Bonchev–Trinajstić information content (AvgIpc) is 2.74. The van der Waals surface area contributed by atoms with Crippen molar-refractivity contribution in [2.75, 3.05) is 0 Å². The van der Waals surface area contributed by atoms with E-state index in [2.05, 4.69) is 5.32 Å². The van der Waals surface area contributed by atoms with Gasteiger partial charge in [0, 0.05) is 37.2 Å². The van der Waals surface area contributed by atoms with Crippen LogP contribution in [0.5, 0.6) is 0 Å². The number of hydrogen-bond donors (Lipinski definition) is 3. The molecule has 0 spiro atoms. The van der Waals surface area contributed by atoms with Gasteiger partial charge in [-0.1, -0.05) is 38.2 Å². The minimum atomic E-state index is -0.954. The van der Waals surface area contributed by atoms with Crippen molar-refractivity contribution in [3.05, 3.63) is 36.0 Å². The van der Waals surface area contributed by atoms with Gasteiger partial charge in [-0.3, -0.25) is 19.7 Å². The molecule has 2 rings (SSSR count). The monoisotopic (exact) mass is 475 g/mol. The third kappa shape index (κ3) is 8.99. The molecule has 188 valence electrons. The van der Waals surface area contributed by atoms with Gasteiger partial charge in [0.15, 0.2) is 0 Å². The molecule has 0 radical (unpaired) electrons. The number of ketones is 1. The first-order valence-electron chi connectivity index (χ1n) is 12.0. The largest absolute Gasteiger partial charge is 0.454 e. The number of rotatable bonds is 7.